The Kier molecular flexibility index (Phi) is 9.65. The average molecular weight is 464 g/mol. The Hall–Kier alpha value is -3.66. The van der Waals surface area contributed by atoms with Gasteiger partial charge >= 0.3 is 0 Å². The Morgan fingerprint density at radius 2 is 1.44 bits per heavy atom. The maximum atomic E-state index is 13.1. The van der Waals surface area contributed by atoms with Crippen LogP contribution in [0, 0.1) is 11.8 Å². The first-order chi connectivity index (χ1) is 16.6. The molecule has 178 valence electrons. The average Bonchev–Trinajstić information content (AvgIpc) is 2.84. The fourth-order valence-corrected chi connectivity index (χ4v) is 3.68. The summed E-state index contributed by atoms with van der Waals surface area (Å²) in [4.78, 5) is 38.7. The molecule has 1 heterocycles. The van der Waals surface area contributed by atoms with Crippen LogP contribution in [0.1, 0.15) is 55.2 Å². The number of para-hydroxylation sites is 1. The van der Waals surface area contributed by atoms with Crippen molar-refractivity contribution in [1.29, 1.82) is 0 Å². The molecule has 2 aromatic carbocycles. The van der Waals surface area contributed by atoms with Gasteiger partial charge < -0.3 is 15.5 Å². The molecule has 3 amide bonds. The van der Waals surface area contributed by atoms with Crippen molar-refractivity contribution >= 4 is 23.4 Å². The fourth-order valence-electron chi connectivity index (χ4n) is 3.68. The van der Waals surface area contributed by atoms with Gasteiger partial charge in [-0.05, 0) is 43.0 Å². The summed E-state index contributed by atoms with van der Waals surface area (Å²) in [5.74, 6) is 5.76. The molecule has 0 aromatic heterocycles. The summed E-state index contributed by atoms with van der Waals surface area (Å²) in [6, 6.07) is 15.3. The standard InChI is InChI=1S/C27H30FN3O3/c28-17-6-1-7-18-29-25(32)14-15-26(33)30-19-16-27(34)31-20-23-10-3-2-8-21(23)12-13-22-9-4-5-11-24(22)31/h2-5,8-11H,1,6-7,14-20H2,(H,29,32)(H,30,33). The van der Waals surface area contributed by atoms with Crippen molar-refractivity contribution in [3.05, 3.63) is 65.2 Å². The van der Waals surface area contributed by atoms with E-state index in [1.54, 1.807) is 4.90 Å². The third-order valence-corrected chi connectivity index (χ3v) is 5.55. The lowest BCUT2D eigenvalue weighted by Crippen LogP contribution is -2.35. The number of alkyl halides is 1. The van der Waals surface area contributed by atoms with Gasteiger partial charge in [-0.1, -0.05) is 42.2 Å². The summed E-state index contributed by atoms with van der Waals surface area (Å²) in [6.07, 6.45) is 2.22. The molecule has 34 heavy (non-hydrogen) atoms. The largest absolute Gasteiger partial charge is 0.356 e. The monoisotopic (exact) mass is 463 g/mol. The molecule has 3 rings (SSSR count). The minimum atomic E-state index is -0.345. The van der Waals surface area contributed by atoms with Gasteiger partial charge in [-0.25, -0.2) is 0 Å². The van der Waals surface area contributed by atoms with Crippen LogP contribution in [0.25, 0.3) is 0 Å². The summed E-state index contributed by atoms with van der Waals surface area (Å²) >= 11 is 0. The Morgan fingerprint density at radius 1 is 0.794 bits per heavy atom. The summed E-state index contributed by atoms with van der Waals surface area (Å²) in [5.41, 5.74) is 3.40. The van der Waals surface area contributed by atoms with Crippen LogP contribution in [0.3, 0.4) is 0 Å². The van der Waals surface area contributed by atoms with Crippen molar-refractivity contribution in [2.75, 3.05) is 24.7 Å². The van der Waals surface area contributed by atoms with E-state index in [0.717, 1.165) is 35.2 Å². The molecule has 0 saturated carbocycles. The first kappa shape index (κ1) is 25.0. The van der Waals surface area contributed by atoms with Crippen LogP contribution in [0.5, 0.6) is 0 Å². The van der Waals surface area contributed by atoms with E-state index in [1.807, 2.05) is 48.5 Å². The predicted molar refractivity (Wildman–Crippen MR) is 130 cm³/mol. The van der Waals surface area contributed by atoms with E-state index >= 15 is 0 Å². The predicted octanol–water partition coefficient (Wildman–Crippen LogP) is 3.48. The highest BCUT2D eigenvalue weighted by Gasteiger charge is 2.21. The number of carbonyl (C=O) groups is 3. The number of benzene rings is 2. The van der Waals surface area contributed by atoms with Crippen molar-refractivity contribution in [2.45, 2.75) is 45.1 Å². The normalized spacial score (nSPS) is 11.7. The van der Waals surface area contributed by atoms with Gasteiger partial charge in [-0.15, -0.1) is 0 Å². The van der Waals surface area contributed by atoms with Crippen LogP contribution >= 0.6 is 0 Å². The molecule has 0 fully saturated rings. The number of anilines is 1. The third-order valence-electron chi connectivity index (χ3n) is 5.55. The Balaban J connectivity index is 1.49. The quantitative estimate of drug-likeness (QED) is 0.396. The zero-order chi connectivity index (χ0) is 24.2. The second kappa shape index (κ2) is 13.1. The van der Waals surface area contributed by atoms with Gasteiger partial charge in [-0.3, -0.25) is 18.8 Å². The SMILES string of the molecule is O=C(CCC(=O)NCCC(=O)N1Cc2ccccc2C#Cc2ccccc21)NCCCCCF. The topological polar surface area (TPSA) is 78.5 Å². The highest BCUT2D eigenvalue weighted by atomic mass is 19.1. The van der Waals surface area contributed by atoms with E-state index in [-0.39, 0.29) is 50.2 Å². The zero-order valence-corrected chi connectivity index (χ0v) is 19.2. The molecule has 0 atom stereocenters. The summed E-state index contributed by atoms with van der Waals surface area (Å²) < 4.78 is 12.0. The Morgan fingerprint density at radius 3 is 2.21 bits per heavy atom. The lowest BCUT2D eigenvalue weighted by molar-refractivity contribution is -0.126. The van der Waals surface area contributed by atoms with Crippen LogP contribution in [-0.4, -0.2) is 37.5 Å². The number of unbranched alkanes of at least 4 members (excludes halogenated alkanes) is 2. The molecule has 2 N–H and O–H groups in total. The maximum absolute atomic E-state index is 13.1. The van der Waals surface area contributed by atoms with Crippen LogP contribution in [0.4, 0.5) is 10.1 Å². The van der Waals surface area contributed by atoms with Gasteiger partial charge in [0, 0.05) is 43.5 Å². The van der Waals surface area contributed by atoms with E-state index in [9.17, 15) is 18.8 Å². The molecule has 0 unspecified atom stereocenters. The molecule has 0 spiro atoms. The fraction of sp³-hybridized carbons (Fsp3) is 0.370. The van der Waals surface area contributed by atoms with Gasteiger partial charge in [0.2, 0.25) is 17.7 Å². The van der Waals surface area contributed by atoms with Gasteiger partial charge in [0.1, 0.15) is 0 Å². The van der Waals surface area contributed by atoms with Gasteiger partial charge in [0.05, 0.1) is 18.9 Å². The zero-order valence-electron chi connectivity index (χ0n) is 19.2. The lowest BCUT2D eigenvalue weighted by Gasteiger charge is -2.26. The van der Waals surface area contributed by atoms with Crippen molar-refractivity contribution in [2.24, 2.45) is 0 Å². The van der Waals surface area contributed by atoms with Crippen LogP contribution in [0.2, 0.25) is 0 Å². The van der Waals surface area contributed by atoms with E-state index in [0.29, 0.717) is 19.5 Å². The van der Waals surface area contributed by atoms with Crippen LogP contribution in [0.15, 0.2) is 48.5 Å². The number of fused-ring (bicyclic) bond motifs is 2. The summed E-state index contributed by atoms with van der Waals surface area (Å²) in [7, 11) is 0. The van der Waals surface area contributed by atoms with Gasteiger partial charge in [0.25, 0.3) is 0 Å². The number of rotatable bonds is 11. The number of hydrogen-bond donors (Lipinski definition) is 2. The van der Waals surface area contributed by atoms with Gasteiger partial charge in [-0.2, -0.15) is 0 Å². The molecule has 1 aliphatic rings. The Labute approximate surface area is 199 Å². The molecule has 0 saturated heterocycles. The summed E-state index contributed by atoms with van der Waals surface area (Å²) in [6.45, 7) is 0.733. The van der Waals surface area contributed by atoms with Crippen molar-refractivity contribution in [3.8, 4) is 11.8 Å². The van der Waals surface area contributed by atoms with E-state index in [2.05, 4.69) is 22.5 Å². The number of hydrogen-bond acceptors (Lipinski definition) is 3. The molecular weight excluding hydrogens is 433 g/mol. The van der Waals surface area contributed by atoms with Crippen molar-refractivity contribution < 1.29 is 18.8 Å². The summed E-state index contributed by atoms with van der Waals surface area (Å²) in [5, 5.41) is 5.46. The molecule has 0 aliphatic carbocycles. The minimum absolute atomic E-state index is 0.0556. The number of nitrogens with one attached hydrogen (secondary N) is 2. The number of amides is 3. The molecular formula is C27H30FN3O3. The lowest BCUT2D eigenvalue weighted by atomic mass is 10.0. The highest BCUT2D eigenvalue weighted by Crippen LogP contribution is 2.25. The van der Waals surface area contributed by atoms with Crippen LogP contribution < -0.4 is 15.5 Å². The minimum Gasteiger partial charge on any atom is -0.356 e. The van der Waals surface area contributed by atoms with Crippen LogP contribution in [-0.2, 0) is 20.9 Å². The first-order valence-corrected chi connectivity index (χ1v) is 11.7. The molecule has 0 radical (unpaired) electrons. The smallest absolute Gasteiger partial charge is 0.229 e. The van der Waals surface area contributed by atoms with E-state index in [4.69, 9.17) is 0 Å². The number of carbonyl (C=O) groups excluding carboxylic acids is 3. The number of halogens is 1. The molecule has 2 aromatic rings. The van der Waals surface area contributed by atoms with E-state index < -0.39 is 0 Å². The highest BCUT2D eigenvalue weighted by molar-refractivity contribution is 5.95. The third kappa shape index (κ3) is 7.45. The molecule has 7 heteroatoms. The maximum Gasteiger partial charge on any atom is 0.229 e. The van der Waals surface area contributed by atoms with E-state index in [1.165, 1.54) is 0 Å². The van der Waals surface area contributed by atoms with Crippen molar-refractivity contribution in [1.82, 2.24) is 10.6 Å². The molecule has 0 bridgehead atoms. The van der Waals surface area contributed by atoms with Gasteiger partial charge in [0.15, 0.2) is 0 Å². The van der Waals surface area contributed by atoms with Crippen molar-refractivity contribution in [3.63, 3.8) is 0 Å². The molecule has 6 nitrogen and oxygen atoms in total. The molecule has 1 aliphatic heterocycles. The second-order valence-corrected chi connectivity index (χ2v) is 8.10. The first-order valence-electron chi connectivity index (χ1n) is 11.7. The Bertz CT molecular complexity index is 1070. The number of nitrogens with zero attached hydrogens (tertiary/aromatic N) is 1. The second-order valence-electron chi connectivity index (χ2n) is 8.10.